The van der Waals surface area contributed by atoms with E-state index >= 15 is 0 Å². The zero-order valence-corrected chi connectivity index (χ0v) is 8.97. The number of nitrogens with zero attached hydrogens (tertiary/aromatic N) is 3. The van der Waals surface area contributed by atoms with Crippen molar-refractivity contribution in [2.75, 3.05) is 18.4 Å². The number of nitrogens with one attached hydrogen (secondary N) is 1. The lowest BCUT2D eigenvalue weighted by molar-refractivity contribution is 0.222. The summed E-state index contributed by atoms with van der Waals surface area (Å²) >= 11 is 0. The van der Waals surface area contributed by atoms with Gasteiger partial charge in [-0.25, -0.2) is 9.78 Å². The van der Waals surface area contributed by atoms with Crippen LogP contribution in [0.1, 0.15) is 0 Å². The van der Waals surface area contributed by atoms with Gasteiger partial charge in [-0.2, -0.15) is 0 Å². The van der Waals surface area contributed by atoms with E-state index in [2.05, 4.69) is 28.4 Å². The fourth-order valence-corrected chi connectivity index (χ4v) is 1.10. The van der Waals surface area contributed by atoms with Gasteiger partial charge in [-0.3, -0.25) is 10.3 Å². The number of carbonyl (C=O) groups is 1. The third-order valence-corrected chi connectivity index (χ3v) is 1.78. The van der Waals surface area contributed by atoms with Crippen LogP contribution in [0.3, 0.4) is 0 Å². The molecule has 0 aromatic carbocycles. The van der Waals surface area contributed by atoms with Crippen LogP contribution in [0, 0.1) is 0 Å². The molecule has 0 spiro atoms. The van der Waals surface area contributed by atoms with Crippen molar-refractivity contribution in [1.82, 2.24) is 14.9 Å². The molecule has 0 saturated carbocycles. The average molecular weight is 218 g/mol. The highest BCUT2D eigenvalue weighted by molar-refractivity contribution is 5.88. The van der Waals surface area contributed by atoms with E-state index in [1.165, 1.54) is 12.4 Å². The highest BCUT2D eigenvalue weighted by Crippen LogP contribution is 2.00. The second-order valence-electron chi connectivity index (χ2n) is 3.00. The average Bonchev–Trinajstić information content (AvgIpc) is 2.30. The van der Waals surface area contributed by atoms with E-state index in [9.17, 15) is 4.79 Å². The number of hydrogen-bond donors (Lipinski definition) is 1. The zero-order valence-electron chi connectivity index (χ0n) is 8.97. The zero-order chi connectivity index (χ0) is 11.8. The largest absolute Gasteiger partial charge is 0.323 e. The smallest absolute Gasteiger partial charge is 0.317 e. The summed E-state index contributed by atoms with van der Waals surface area (Å²) in [6.07, 6.45) is 7.85. The first-order valence-corrected chi connectivity index (χ1v) is 4.81. The van der Waals surface area contributed by atoms with Crippen LogP contribution in [0.4, 0.5) is 10.6 Å². The van der Waals surface area contributed by atoms with Gasteiger partial charge in [0.2, 0.25) is 0 Å². The molecule has 1 heterocycles. The number of urea groups is 1. The maximum atomic E-state index is 11.7. The van der Waals surface area contributed by atoms with Gasteiger partial charge in [-0.05, 0) is 0 Å². The van der Waals surface area contributed by atoms with Gasteiger partial charge in [0.05, 0.1) is 6.20 Å². The van der Waals surface area contributed by atoms with Crippen LogP contribution in [-0.4, -0.2) is 34.0 Å². The minimum Gasteiger partial charge on any atom is -0.317 e. The predicted molar refractivity (Wildman–Crippen MR) is 63.0 cm³/mol. The van der Waals surface area contributed by atoms with Crippen molar-refractivity contribution in [3.8, 4) is 0 Å². The molecule has 1 rings (SSSR count). The van der Waals surface area contributed by atoms with Crippen molar-refractivity contribution in [1.29, 1.82) is 0 Å². The summed E-state index contributed by atoms with van der Waals surface area (Å²) in [4.78, 5) is 21.1. The molecule has 5 nitrogen and oxygen atoms in total. The third kappa shape index (κ3) is 3.53. The van der Waals surface area contributed by atoms with Crippen LogP contribution in [-0.2, 0) is 0 Å². The van der Waals surface area contributed by atoms with Gasteiger partial charge in [0.15, 0.2) is 5.82 Å². The van der Waals surface area contributed by atoms with Crippen LogP contribution < -0.4 is 5.32 Å². The SMILES string of the molecule is C=CCN(CC=C)C(=O)Nc1cnccn1. The normalized spacial score (nSPS) is 9.25. The van der Waals surface area contributed by atoms with Gasteiger partial charge in [-0.15, -0.1) is 13.2 Å². The number of amides is 2. The highest BCUT2D eigenvalue weighted by atomic mass is 16.2. The highest BCUT2D eigenvalue weighted by Gasteiger charge is 2.10. The molecule has 0 aliphatic heterocycles. The Bertz CT molecular complexity index is 354. The van der Waals surface area contributed by atoms with Crippen LogP contribution in [0.15, 0.2) is 43.9 Å². The summed E-state index contributed by atoms with van der Waals surface area (Å²) in [5.74, 6) is 0.422. The number of anilines is 1. The summed E-state index contributed by atoms with van der Waals surface area (Å²) in [7, 11) is 0. The molecule has 0 atom stereocenters. The van der Waals surface area contributed by atoms with E-state index < -0.39 is 0 Å². The molecule has 16 heavy (non-hydrogen) atoms. The fourth-order valence-electron chi connectivity index (χ4n) is 1.10. The standard InChI is InChI=1S/C11H14N4O/c1-3-7-15(8-4-2)11(16)14-10-9-12-5-6-13-10/h3-6,9H,1-2,7-8H2,(H,13,14,16). The van der Waals surface area contributed by atoms with E-state index in [1.807, 2.05) is 0 Å². The third-order valence-electron chi connectivity index (χ3n) is 1.78. The van der Waals surface area contributed by atoms with Crippen molar-refractivity contribution < 1.29 is 4.79 Å². The second-order valence-corrected chi connectivity index (χ2v) is 3.00. The Labute approximate surface area is 94.5 Å². The lowest BCUT2D eigenvalue weighted by atomic mass is 10.4. The van der Waals surface area contributed by atoms with Crippen molar-refractivity contribution in [2.45, 2.75) is 0 Å². The van der Waals surface area contributed by atoms with Crippen molar-refractivity contribution in [3.63, 3.8) is 0 Å². The first kappa shape index (κ1) is 11.9. The van der Waals surface area contributed by atoms with E-state index in [0.29, 0.717) is 18.9 Å². The first-order chi connectivity index (χ1) is 7.77. The molecule has 0 fully saturated rings. The number of hydrogen-bond acceptors (Lipinski definition) is 3. The molecule has 1 aromatic rings. The quantitative estimate of drug-likeness (QED) is 0.765. The molecular formula is C11H14N4O. The van der Waals surface area contributed by atoms with Crippen molar-refractivity contribution in [2.24, 2.45) is 0 Å². The molecule has 0 bridgehead atoms. The lowest BCUT2D eigenvalue weighted by Gasteiger charge is -2.19. The molecule has 0 unspecified atom stereocenters. The Kier molecular flexibility index (Phi) is 4.72. The van der Waals surface area contributed by atoms with Crippen LogP contribution in [0.2, 0.25) is 0 Å². The molecular weight excluding hydrogens is 204 g/mol. The van der Waals surface area contributed by atoms with Crippen molar-refractivity contribution >= 4 is 11.8 Å². The Balaban J connectivity index is 2.61. The van der Waals surface area contributed by atoms with Gasteiger partial charge in [-0.1, -0.05) is 12.2 Å². The lowest BCUT2D eigenvalue weighted by Crippen LogP contribution is -2.35. The molecule has 1 aromatic heterocycles. The van der Waals surface area contributed by atoms with E-state index in [1.54, 1.807) is 23.2 Å². The Morgan fingerprint density at radius 2 is 2.06 bits per heavy atom. The summed E-state index contributed by atoms with van der Waals surface area (Å²) < 4.78 is 0. The fraction of sp³-hybridized carbons (Fsp3) is 0.182. The predicted octanol–water partition coefficient (Wildman–Crippen LogP) is 1.68. The summed E-state index contributed by atoms with van der Waals surface area (Å²) in [5, 5.41) is 2.63. The van der Waals surface area contributed by atoms with E-state index in [-0.39, 0.29) is 6.03 Å². The monoisotopic (exact) mass is 218 g/mol. The molecule has 0 aliphatic rings. The van der Waals surface area contributed by atoms with Gasteiger partial charge < -0.3 is 4.90 Å². The number of aromatic nitrogens is 2. The summed E-state index contributed by atoms with van der Waals surface area (Å²) in [6, 6.07) is -0.250. The summed E-state index contributed by atoms with van der Waals surface area (Å²) in [5.41, 5.74) is 0. The first-order valence-electron chi connectivity index (χ1n) is 4.81. The molecule has 0 radical (unpaired) electrons. The maximum Gasteiger partial charge on any atom is 0.323 e. The van der Waals surface area contributed by atoms with Gasteiger partial charge in [0.1, 0.15) is 0 Å². The molecule has 0 aliphatic carbocycles. The van der Waals surface area contributed by atoms with E-state index in [0.717, 1.165) is 0 Å². The molecule has 0 saturated heterocycles. The van der Waals surface area contributed by atoms with Crippen LogP contribution in [0.5, 0.6) is 0 Å². The second kappa shape index (κ2) is 6.34. The van der Waals surface area contributed by atoms with Gasteiger partial charge >= 0.3 is 6.03 Å². The Hall–Kier alpha value is -2.17. The minimum atomic E-state index is -0.250. The molecule has 2 amide bonds. The minimum absolute atomic E-state index is 0.250. The summed E-state index contributed by atoms with van der Waals surface area (Å²) in [6.45, 7) is 8.09. The molecule has 84 valence electrons. The van der Waals surface area contributed by atoms with Gasteiger partial charge in [0, 0.05) is 25.5 Å². The molecule has 5 heteroatoms. The number of rotatable bonds is 5. The van der Waals surface area contributed by atoms with Crippen LogP contribution in [0.25, 0.3) is 0 Å². The van der Waals surface area contributed by atoms with E-state index in [4.69, 9.17) is 0 Å². The van der Waals surface area contributed by atoms with Crippen molar-refractivity contribution in [3.05, 3.63) is 43.9 Å². The Morgan fingerprint density at radius 3 is 2.56 bits per heavy atom. The maximum absolute atomic E-state index is 11.7. The molecule has 1 N–H and O–H groups in total. The van der Waals surface area contributed by atoms with Gasteiger partial charge in [0.25, 0.3) is 0 Å². The van der Waals surface area contributed by atoms with Crippen LogP contribution >= 0.6 is 0 Å². The topological polar surface area (TPSA) is 58.1 Å². The number of carbonyl (C=O) groups excluding carboxylic acids is 1. The Morgan fingerprint density at radius 1 is 1.38 bits per heavy atom.